The van der Waals surface area contributed by atoms with Crippen LogP contribution >= 0.6 is 11.6 Å². The van der Waals surface area contributed by atoms with E-state index in [0.29, 0.717) is 48.3 Å². The first-order valence-corrected chi connectivity index (χ1v) is 9.61. The van der Waals surface area contributed by atoms with Gasteiger partial charge in [-0.1, -0.05) is 16.8 Å². The average molecular weight is 453 g/mol. The number of carbonyl (C=O) groups is 1. The summed E-state index contributed by atoms with van der Waals surface area (Å²) in [4.78, 5) is 23.7. The highest BCUT2D eigenvalue weighted by Crippen LogP contribution is 2.29. The summed E-state index contributed by atoms with van der Waals surface area (Å²) in [5.74, 6) is -0.948. The molecule has 1 aliphatic rings. The zero-order valence-electron chi connectivity index (χ0n) is 15.9. The standard InChI is InChI=1S/C19H16ClF3N6O2/c20-13-2-4-14(5-3-13)25-18(30)29-9-7-28(8-10-29)15-6-1-12(11-24-15)16-26-17(31-27-16)19(21,22)23/h1-6,11H,7-10H2,(H,25,30). The Kier molecular flexibility index (Phi) is 5.68. The number of hydrogen-bond donors (Lipinski definition) is 1. The second kappa shape index (κ2) is 8.42. The van der Waals surface area contributed by atoms with Gasteiger partial charge in [-0.25, -0.2) is 9.78 Å². The SMILES string of the molecule is O=C(Nc1ccc(Cl)cc1)N1CCN(c2ccc(-c3noc(C(F)(F)F)n3)cn2)CC1. The highest BCUT2D eigenvalue weighted by atomic mass is 35.5. The maximum atomic E-state index is 12.6. The quantitative estimate of drug-likeness (QED) is 0.642. The summed E-state index contributed by atoms with van der Waals surface area (Å²) in [6, 6.07) is 9.89. The molecule has 31 heavy (non-hydrogen) atoms. The number of urea groups is 1. The predicted molar refractivity (Wildman–Crippen MR) is 107 cm³/mol. The molecular formula is C19H16ClF3N6O2. The number of aromatic nitrogens is 3. The van der Waals surface area contributed by atoms with E-state index < -0.39 is 12.1 Å². The molecule has 162 valence electrons. The van der Waals surface area contributed by atoms with Gasteiger partial charge in [-0.05, 0) is 36.4 Å². The number of alkyl halides is 3. The molecule has 2 amide bonds. The maximum Gasteiger partial charge on any atom is 0.471 e. The van der Waals surface area contributed by atoms with E-state index in [1.807, 2.05) is 4.90 Å². The number of piperazine rings is 1. The van der Waals surface area contributed by atoms with E-state index in [2.05, 4.69) is 25.0 Å². The van der Waals surface area contributed by atoms with Crippen molar-refractivity contribution in [1.29, 1.82) is 0 Å². The van der Waals surface area contributed by atoms with E-state index in [4.69, 9.17) is 11.6 Å². The molecule has 0 atom stereocenters. The van der Waals surface area contributed by atoms with Gasteiger partial charge in [0.15, 0.2) is 0 Å². The molecule has 0 saturated carbocycles. The van der Waals surface area contributed by atoms with Crippen molar-refractivity contribution in [2.75, 3.05) is 36.4 Å². The zero-order chi connectivity index (χ0) is 22.0. The molecule has 12 heteroatoms. The number of nitrogens with one attached hydrogen (secondary N) is 1. The molecule has 0 bridgehead atoms. The van der Waals surface area contributed by atoms with Gasteiger partial charge in [0.1, 0.15) is 5.82 Å². The fraction of sp³-hybridized carbons (Fsp3) is 0.263. The number of benzene rings is 1. The molecular weight excluding hydrogens is 437 g/mol. The summed E-state index contributed by atoms with van der Waals surface area (Å²) in [6.45, 7) is 2.09. The molecule has 0 radical (unpaired) electrons. The molecule has 1 saturated heterocycles. The van der Waals surface area contributed by atoms with Crippen molar-refractivity contribution in [3.8, 4) is 11.4 Å². The molecule has 1 aliphatic heterocycles. The van der Waals surface area contributed by atoms with Crippen LogP contribution < -0.4 is 10.2 Å². The highest BCUT2D eigenvalue weighted by Gasteiger charge is 2.38. The van der Waals surface area contributed by atoms with Crippen LogP contribution in [0.2, 0.25) is 5.02 Å². The molecule has 0 aliphatic carbocycles. The van der Waals surface area contributed by atoms with Gasteiger partial charge in [0, 0.05) is 48.6 Å². The van der Waals surface area contributed by atoms with E-state index in [1.165, 1.54) is 6.20 Å². The highest BCUT2D eigenvalue weighted by molar-refractivity contribution is 6.30. The van der Waals surface area contributed by atoms with Gasteiger partial charge in [0.25, 0.3) is 0 Å². The molecule has 1 fully saturated rings. The maximum absolute atomic E-state index is 12.6. The first-order chi connectivity index (χ1) is 14.8. The Morgan fingerprint density at radius 1 is 1.06 bits per heavy atom. The molecule has 1 N–H and O–H groups in total. The van der Waals surface area contributed by atoms with Gasteiger partial charge >= 0.3 is 18.1 Å². The van der Waals surface area contributed by atoms with Crippen molar-refractivity contribution < 1.29 is 22.5 Å². The van der Waals surface area contributed by atoms with Crippen LogP contribution in [0.5, 0.6) is 0 Å². The van der Waals surface area contributed by atoms with Crippen molar-refractivity contribution in [3.63, 3.8) is 0 Å². The van der Waals surface area contributed by atoms with Gasteiger partial charge in [-0.2, -0.15) is 18.2 Å². The lowest BCUT2D eigenvalue weighted by molar-refractivity contribution is -0.159. The number of carbonyl (C=O) groups excluding carboxylic acids is 1. The number of halogens is 4. The Balaban J connectivity index is 1.34. The zero-order valence-corrected chi connectivity index (χ0v) is 16.7. The number of anilines is 2. The topological polar surface area (TPSA) is 87.4 Å². The number of rotatable bonds is 3. The van der Waals surface area contributed by atoms with E-state index in [1.54, 1.807) is 41.3 Å². The van der Waals surface area contributed by atoms with Gasteiger partial charge < -0.3 is 19.6 Å². The summed E-state index contributed by atoms with van der Waals surface area (Å²) in [6.07, 6.45) is -3.31. The summed E-state index contributed by atoms with van der Waals surface area (Å²) in [5, 5.41) is 6.76. The third-order valence-electron chi connectivity index (χ3n) is 4.66. The third kappa shape index (κ3) is 4.88. The van der Waals surface area contributed by atoms with Crippen LogP contribution in [-0.2, 0) is 6.18 Å². The summed E-state index contributed by atoms with van der Waals surface area (Å²) >= 11 is 5.84. The number of amides is 2. The fourth-order valence-corrected chi connectivity index (χ4v) is 3.16. The van der Waals surface area contributed by atoms with Crippen LogP contribution in [0.4, 0.5) is 29.5 Å². The van der Waals surface area contributed by atoms with Crippen molar-refractivity contribution in [2.45, 2.75) is 6.18 Å². The molecule has 2 aromatic heterocycles. The monoisotopic (exact) mass is 452 g/mol. The lowest BCUT2D eigenvalue weighted by atomic mass is 10.2. The minimum atomic E-state index is -4.70. The second-order valence-corrected chi connectivity index (χ2v) is 7.17. The van der Waals surface area contributed by atoms with Crippen LogP contribution in [0.1, 0.15) is 5.89 Å². The van der Waals surface area contributed by atoms with E-state index in [9.17, 15) is 18.0 Å². The minimum absolute atomic E-state index is 0.185. The molecule has 1 aromatic carbocycles. The first-order valence-electron chi connectivity index (χ1n) is 9.23. The van der Waals surface area contributed by atoms with E-state index in [-0.39, 0.29) is 11.9 Å². The van der Waals surface area contributed by atoms with Gasteiger partial charge in [0.05, 0.1) is 0 Å². The van der Waals surface area contributed by atoms with Gasteiger partial charge in [-0.3, -0.25) is 0 Å². The minimum Gasteiger partial charge on any atom is -0.353 e. The van der Waals surface area contributed by atoms with Crippen LogP contribution in [0, 0.1) is 0 Å². The van der Waals surface area contributed by atoms with Crippen molar-refractivity contribution in [1.82, 2.24) is 20.0 Å². The Hall–Kier alpha value is -3.34. The van der Waals surface area contributed by atoms with Gasteiger partial charge in [-0.15, -0.1) is 0 Å². The Morgan fingerprint density at radius 2 is 1.77 bits per heavy atom. The molecule has 3 aromatic rings. The molecule has 0 spiro atoms. The fourth-order valence-electron chi connectivity index (χ4n) is 3.04. The summed E-state index contributed by atoms with van der Waals surface area (Å²) in [5.41, 5.74) is 0.966. The molecule has 8 nitrogen and oxygen atoms in total. The largest absolute Gasteiger partial charge is 0.471 e. The Labute approximate surface area is 179 Å². The van der Waals surface area contributed by atoms with Crippen LogP contribution in [0.25, 0.3) is 11.4 Å². The van der Waals surface area contributed by atoms with Crippen LogP contribution in [0.3, 0.4) is 0 Å². The lowest BCUT2D eigenvalue weighted by Crippen LogP contribution is -2.50. The molecule has 3 heterocycles. The number of pyridine rings is 1. The van der Waals surface area contributed by atoms with Gasteiger partial charge in [0.2, 0.25) is 5.82 Å². The smallest absolute Gasteiger partial charge is 0.353 e. The summed E-state index contributed by atoms with van der Waals surface area (Å²) < 4.78 is 42.0. The van der Waals surface area contributed by atoms with E-state index >= 15 is 0 Å². The second-order valence-electron chi connectivity index (χ2n) is 6.74. The van der Waals surface area contributed by atoms with Crippen molar-refractivity contribution in [2.24, 2.45) is 0 Å². The van der Waals surface area contributed by atoms with Crippen LogP contribution in [-0.4, -0.2) is 52.2 Å². The Morgan fingerprint density at radius 3 is 2.35 bits per heavy atom. The van der Waals surface area contributed by atoms with Crippen LogP contribution in [0.15, 0.2) is 47.1 Å². The van der Waals surface area contributed by atoms with Crippen molar-refractivity contribution >= 4 is 29.1 Å². The molecule has 4 rings (SSSR count). The van der Waals surface area contributed by atoms with E-state index in [0.717, 1.165) is 0 Å². The molecule has 0 unspecified atom stereocenters. The van der Waals surface area contributed by atoms with Crippen molar-refractivity contribution in [3.05, 3.63) is 53.5 Å². The number of hydrogen-bond acceptors (Lipinski definition) is 6. The third-order valence-corrected chi connectivity index (χ3v) is 4.91. The first kappa shape index (κ1) is 20.9. The normalized spacial score (nSPS) is 14.6. The predicted octanol–water partition coefficient (Wildman–Crippen LogP) is 4.16. The Bertz CT molecular complexity index is 1050. The average Bonchev–Trinajstić information content (AvgIpc) is 3.27. The lowest BCUT2D eigenvalue weighted by Gasteiger charge is -2.35. The number of nitrogens with zero attached hydrogens (tertiary/aromatic N) is 5. The summed E-state index contributed by atoms with van der Waals surface area (Å²) in [7, 11) is 0.